The van der Waals surface area contributed by atoms with Gasteiger partial charge in [-0.05, 0) is 43.6 Å². The van der Waals surface area contributed by atoms with Gasteiger partial charge in [0.05, 0.1) is 0 Å². The van der Waals surface area contributed by atoms with E-state index in [-0.39, 0.29) is 0 Å². The molecule has 1 heteroatoms. The minimum atomic E-state index is 0.470. The molecule has 17 heavy (non-hydrogen) atoms. The van der Waals surface area contributed by atoms with Crippen molar-refractivity contribution >= 4 is 5.78 Å². The largest absolute Gasteiger partial charge is 0.295 e. The highest BCUT2D eigenvalue weighted by Crippen LogP contribution is 2.33. The minimum absolute atomic E-state index is 0.470. The SMILES string of the molecule is C[C@@H]1CC(=O)C2=C(CCCCCCCCC2)C1. The number of rotatable bonds is 0. The molecule has 0 radical (unpaired) electrons. The first-order chi connectivity index (χ1) is 8.27. The van der Waals surface area contributed by atoms with Gasteiger partial charge in [0.2, 0.25) is 0 Å². The molecule has 0 saturated carbocycles. The molecule has 0 saturated heterocycles. The molecule has 2 aliphatic rings. The smallest absolute Gasteiger partial charge is 0.159 e. The second kappa shape index (κ2) is 6.37. The van der Waals surface area contributed by atoms with E-state index in [4.69, 9.17) is 0 Å². The summed E-state index contributed by atoms with van der Waals surface area (Å²) in [5, 5.41) is 0. The van der Waals surface area contributed by atoms with Gasteiger partial charge in [-0.15, -0.1) is 0 Å². The van der Waals surface area contributed by atoms with Crippen molar-refractivity contribution in [2.24, 2.45) is 5.92 Å². The Bertz CT molecular complexity index is 301. The number of allylic oxidation sites excluding steroid dienone is 2. The Hall–Kier alpha value is -0.590. The summed E-state index contributed by atoms with van der Waals surface area (Å²) in [6.45, 7) is 2.23. The van der Waals surface area contributed by atoms with Gasteiger partial charge >= 0.3 is 0 Å². The zero-order chi connectivity index (χ0) is 12.1. The molecule has 0 aromatic heterocycles. The summed E-state index contributed by atoms with van der Waals surface area (Å²) in [6.07, 6.45) is 13.7. The van der Waals surface area contributed by atoms with Gasteiger partial charge in [-0.3, -0.25) is 4.79 Å². The molecule has 0 spiro atoms. The molecule has 0 heterocycles. The van der Waals surface area contributed by atoms with E-state index in [0.29, 0.717) is 11.7 Å². The lowest BCUT2D eigenvalue weighted by atomic mass is 9.80. The monoisotopic (exact) mass is 234 g/mol. The summed E-state index contributed by atoms with van der Waals surface area (Å²) in [6, 6.07) is 0. The molecular formula is C16H26O. The van der Waals surface area contributed by atoms with Crippen molar-refractivity contribution in [3.63, 3.8) is 0 Å². The fraction of sp³-hybridized carbons (Fsp3) is 0.812. The summed E-state index contributed by atoms with van der Waals surface area (Å²) < 4.78 is 0. The van der Waals surface area contributed by atoms with E-state index in [1.165, 1.54) is 68.9 Å². The van der Waals surface area contributed by atoms with Gasteiger partial charge in [0, 0.05) is 6.42 Å². The van der Waals surface area contributed by atoms with Crippen molar-refractivity contribution in [3.8, 4) is 0 Å². The molecule has 0 aliphatic heterocycles. The van der Waals surface area contributed by atoms with E-state index in [2.05, 4.69) is 6.92 Å². The zero-order valence-electron chi connectivity index (χ0n) is 11.3. The number of carbonyl (C=O) groups is 1. The normalized spacial score (nSPS) is 28.5. The second-order valence-corrected chi connectivity index (χ2v) is 5.99. The third-order valence-corrected chi connectivity index (χ3v) is 4.30. The van der Waals surface area contributed by atoms with Crippen LogP contribution in [0.3, 0.4) is 0 Å². The van der Waals surface area contributed by atoms with Gasteiger partial charge in [0.25, 0.3) is 0 Å². The Labute approximate surface area is 106 Å². The first kappa shape index (κ1) is 12.9. The number of carbonyl (C=O) groups excluding carboxylic acids is 1. The van der Waals surface area contributed by atoms with E-state index in [1.54, 1.807) is 0 Å². The third-order valence-electron chi connectivity index (χ3n) is 4.30. The van der Waals surface area contributed by atoms with Crippen LogP contribution in [0.25, 0.3) is 0 Å². The molecule has 2 aliphatic carbocycles. The van der Waals surface area contributed by atoms with Crippen LogP contribution in [-0.2, 0) is 4.79 Å². The number of ketones is 1. The lowest BCUT2D eigenvalue weighted by Crippen LogP contribution is -2.18. The first-order valence-corrected chi connectivity index (χ1v) is 7.51. The van der Waals surface area contributed by atoms with Crippen molar-refractivity contribution in [1.82, 2.24) is 0 Å². The van der Waals surface area contributed by atoms with E-state index < -0.39 is 0 Å². The second-order valence-electron chi connectivity index (χ2n) is 5.99. The summed E-state index contributed by atoms with van der Waals surface area (Å²) in [5.41, 5.74) is 2.76. The molecule has 0 aromatic rings. The minimum Gasteiger partial charge on any atom is -0.295 e. The van der Waals surface area contributed by atoms with Crippen molar-refractivity contribution in [2.75, 3.05) is 0 Å². The van der Waals surface area contributed by atoms with Crippen LogP contribution >= 0.6 is 0 Å². The number of hydrogen-bond donors (Lipinski definition) is 0. The fourth-order valence-corrected chi connectivity index (χ4v) is 3.35. The molecular weight excluding hydrogens is 208 g/mol. The van der Waals surface area contributed by atoms with Crippen molar-refractivity contribution in [1.29, 1.82) is 0 Å². The first-order valence-electron chi connectivity index (χ1n) is 7.51. The lowest BCUT2D eigenvalue weighted by molar-refractivity contribution is -0.117. The molecule has 0 bridgehead atoms. The van der Waals surface area contributed by atoms with Crippen molar-refractivity contribution < 1.29 is 4.79 Å². The molecule has 0 aromatic carbocycles. The zero-order valence-corrected chi connectivity index (χ0v) is 11.3. The van der Waals surface area contributed by atoms with Crippen LogP contribution in [0.15, 0.2) is 11.1 Å². The highest BCUT2D eigenvalue weighted by Gasteiger charge is 2.24. The van der Waals surface area contributed by atoms with Gasteiger partial charge in [-0.2, -0.15) is 0 Å². The summed E-state index contributed by atoms with van der Waals surface area (Å²) in [5.74, 6) is 1.06. The molecule has 2 rings (SSSR count). The van der Waals surface area contributed by atoms with E-state index in [1.807, 2.05) is 0 Å². The predicted octanol–water partition coefficient (Wildman–Crippen LogP) is 4.81. The molecule has 0 unspecified atom stereocenters. The van der Waals surface area contributed by atoms with E-state index in [9.17, 15) is 4.79 Å². The summed E-state index contributed by atoms with van der Waals surface area (Å²) >= 11 is 0. The van der Waals surface area contributed by atoms with Gasteiger partial charge in [0.1, 0.15) is 0 Å². The highest BCUT2D eigenvalue weighted by atomic mass is 16.1. The molecule has 0 fully saturated rings. The molecule has 96 valence electrons. The average molecular weight is 234 g/mol. The van der Waals surface area contributed by atoms with Gasteiger partial charge in [0.15, 0.2) is 5.78 Å². The average Bonchev–Trinajstić information content (AvgIpc) is 2.33. The summed E-state index contributed by atoms with van der Waals surface area (Å²) in [4.78, 5) is 12.1. The Morgan fingerprint density at radius 3 is 2.12 bits per heavy atom. The van der Waals surface area contributed by atoms with Crippen molar-refractivity contribution in [3.05, 3.63) is 11.1 Å². The van der Waals surface area contributed by atoms with Gasteiger partial charge in [-0.1, -0.05) is 44.6 Å². The summed E-state index contributed by atoms with van der Waals surface area (Å²) in [7, 11) is 0. The van der Waals surface area contributed by atoms with E-state index in [0.717, 1.165) is 12.8 Å². The molecule has 0 amide bonds. The number of hydrogen-bond acceptors (Lipinski definition) is 1. The van der Waals surface area contributed by atoms with Crippen LogP contribution < -0.4 is 0 Å². The maximum atomic E-state index is 12.1. The number of Topliss-reactive ketones (excluding diaryl/α,β-unsaturated/α-hetero) is 1. The Balaban J connectivity index is 2.08. The molecule has 0 N–H and O–H groups in total. The van der Waals surface area contributed by atoms with Gasteiger partial charge in [-0.25, -0.2) is 0 Å². The van der Waals surface area contributed by atoms with Crippen LogP contribution in [0, 0.1) is 5.92 Å². The van der Waals surface area contributed by atoms with Gasteiger partial charge < -0.3 is 0 Å². The van der Waals surface area contributed by atoms with Crippen molar-refractivity contribution in [2.45, 2.75) is 77.6 Å². The Morgan fingerprint density at radius 1 is 0.824 bits per heavy atom. The molecule has 1 nitrogen and oxygen atoms in total. The van der Waals surface area contributed by atoms with Crippen LogP contribution in [0.1, 0.15) is 77.6 Å². The Morgan fingerprint density at radius 2 is 1.41 bits per heavy atom. The van der Waals surface area contributed by atoms with Crippen LogP contribution in [0.5, 0.6) is 0 Å². The van der Waals surface area contributed by atoms with Crippen LogP contribution in [-0.4, -0.2) is 5.78 Å². The topological polar surface area (TPSA) is 17.1 Å². The molecule has 1 atom stereocenters. The predicted molar refractivity (Wildman–Crippen MR) is 72.0 cm³/mol. The van der Waals surface area contributed by atoms with Crippen LogP contribution in [0.4, 0.5) is 0 Å². The third kappa shape index (κ3) is 3.69. The quantitative estimate of drug-likeness (QED) is 0.588. The maximum absolute atomic E-state index is 12.1. The van der Waals surface area contributed by atoms with E-state index >= 15 is 0 Å². The maximum Gasteiger partial charge on any atom is 0.159 e. The fourth-order valence-electron chi connectivity index (χ4n) is 3.35. The Kier molecular flexibility index (Phi) is 4.82. The van der Waals surface area contributed by atoms with Crippen LogP contribution in [0.2, 0.25) is 0 Å². The highest BCUT2D eigenvalue weighted by molar-refractivity contribution is 5.97. The standard InChI is InChI=1S/C16H26O/c1-13-11-14-9-7-5-3-2-4-6-8-10-15(14)16(17)12-13/h13H,2-12H2,1H3/t13-/m0/s1. The lowest BCUT2D eigenvalue weighted by Gasteiger charge is -2.24.